The summed E-state index contributed by atoms with van der Waals surface area (Å²) in [4.78, 5) is 28.2. The van der Waals surface area contributed by atoms with E-state index in [0.29, 0.717) is 31.5 Å². The molecule has 0 radical (unpaired) electrons. The van der Waals surface area contributed by atoms with E-state index in [1.807, 2.05) is 0 Å². The second-order valence-corrected chi connectivity index (χ2v) is 4.77. The summed E-state index contributed by atoms with van der Waals surface area (Å²) in [5.41, 5.74) is 0.504. The van der Waals surface area contributed by atoms with Gasteiger partial charge in [-0.15, -0.1) is 0 Å². The number of carbonyl (C=O) groups excluding carboxylic acids is 1. The molecule has 2 rings (SSSR count). The van der Waals surface area contributed by atoms with Crippen molar-refractivity contribution in [2.75, 3.05) is 13.1 Å². The van der Waals surface area contributed by atoms with Crippen molar-refractivity contribution in [1.82, 2.24) is 15.2 Å². The van der Waals surface area contributed by atoms with Crippen LogP contribution in [0.15, 0.2) is 18.3 Å². The van der Waals surface area contributed by atoms with Crippen LogP contribution < -0.4 is 5.32 Å². The van der Waals surface area contributed by atoms with Crippen molar-refractivity contribution >= 4 is 23.6 Å². The monoisotopic (exact) mass is 283 g/mol. The molecule has 0 saturated carbocycles. The number of amides is 2. The number of aromatic nitrogens is 1. The van der Waals surface area contributed by atoms with Crippen LogP contribution in [0.3, 0.4) is 0 Å². The molecule has 2 amide bonds. The summed E-state index contributed by atoms with van der Waals surface area (Å²) in [6.45, 7) is 1.06. The lowest BCUT2D eigenvalue weighted by Crippen LogP contribution is -2.46. The minimum atomic E-state index is -1.02. The highest BCUT2D eigenvalue weighted by Gasteiger charge is 2.24. The Morgan fingerprint density at radius 1 is 1.42 bits per heavy atom. The van der Waals surface area contributed by atoms with E-state index in [2.05, 4.69) is 10.3 Å². The van der Waals surface area contributed by atoms with E-state index in [9.17, 15) is 9.59 Å². The van der Waals surface area contributed by atoms with Crippen LogP contribution >= 0.6 is 11.6 Å². The fraction of sp³-hybridized carbons (Fsp3) is 0.417. The van der Waals surface area contributed by atoms with Gasteiger partial charge in [0.2, 0.25) is 0 Å². The molecule has 2 heterocycles. The van der Waals surface area contributed by atoms with E-state index in [1.165, 1.54) is 12.3 Å². The molecule has 0 aromatic carbocycles. The van der Waals surface area contributed by atoms with E-state index < -0.39 is 6.09 Å². The van der Waals surface area contributed by atoms with Gasteiger partial charge in [0, 0.05) is 30.9 Å². The van der Waals surface area contributed by atoms with Gasteiger partial charge in [0.1, 0.15) is 5.15 Å². The van der Waals surface area contributed by atoms with Gasteiger partial charge >= 0.3 is 6.09 Å². The number of nitrogens with zero attached hydrogens (tertiary/aromatic N) is 2. The lowest BCUT2D eigenvalue weighted by molar-refractivity contribution is 0.0706. The minimum Gasteiger partial charge on any atom is -0.465 e. The molecule has 19 heavy (non-hydrogen) atoms. The van der Waals surface area contributed by atoms with Gasteiger partial charge < -0.3 is 15.3 Å². The second-order valence-electron chi connectivity index (χ2n) is 4.38. The van der Waals surface area contributed by atoms with Gasteiger partial charge in [0.15, 0.2) is 0 Å². The first kappa shape index (κ1) is 13.6. The fourth-order valence-corrected chi connectivity index (χ4v) is 2.29. The number of nitrogens with one attached hydrogen (secondary N) is 1. The normalized spacial score (nSPS) is 16.2. The standard InChI is InChI=1S/C12H14ClN3O3/c13-10-7-8(1-4-14-10)11(17)16-5-2-9(3-6-16)15-12(18)19/h1,4,7,9,15H,2-3,5-6H2,(H,18,19). The molecule has 7 heteroatoms. The summed E-state index contributed by atoms with van der Waals surface area (Å²) in [5, 5.41) is 11.4. The van der Waals surface area contributed by atoms with E-state index in [4.69, 9.17) is 16.7 Å². The van der Waals surface area contributed by atoms with E-state index in [0.717, 1.165) is 0 Å². The minimum absolute atomic E-state index is 0.0809. The molecule has 102 valence electrons. The maximum absolute atomic E-state index is 12.2. The van der Waals surface area contributed by atoms with Gasteiger partial charge in [-0.2, -0.15) is 0 Å². The Kier molecular flexibility index (Phi) is 4.21. The predicted octanol–water partition coefficient (Wildman–Crippen LogP) is 1.61. The Balaban J connectivity index is 1.94. The topological polar surface area (TPSA) is 82.5 Å². The van der Waals surface area contributed by atoms with Gasteiger partial charge in [-0.1, -0.05) is 11.6 Å². The Morgan fingerprint density at radius 3 is 2.68 bits per heavy atom. The molecule has 2 N–H and O–H groups in total. The third-order valence-corrected chi connectivity index (χ3v) is 3.29. The van der Waals surface area contributed by atoms with Crippen LogP contribution in [0.2, 0.25) is 5.15 Å². The number of pyridine rings is 1. The average molecular weight is 284 g/mol. The van der Waals surface area contributed by atoms with Crippen LogP contribution in [0, 0.1) is 0 Å². The summed E-state index contributed by atoms with van der Waals surface area (Å²) >= 11 is 5.75. The Labute approximate surface area is 115 Å². The first-order valence-corrected chi connectivity index (χ1v) is 6.34. The SMILES string of the molecule is O=C(O)NC1CCN(C(=O)c2ccnc(Cl)c2)CC1. The van der Waals surface area contributed by atoms with Crippen molar-refractivity contribution in [3.05, 3.63) is 29.0 Å². The first-order chi connectivity index (χ1) is 9.06. The summed E-state index contributed by atoms with van der Waals surface area (Å²) in [6.07, 6.45) is 1.72. The van der Waals surface area contributed by atoms with Gasteiger partial charge in [0.05, 0.1) is 0 Å². The van der Waals surface area contributed by atoms with Crippen LogP contribution in [0.1, 0.15) is 23.2 Å². The summed E-state index contributed by atoms with van der Waals surface area (Å²) in [6, 6.07) is 3.07. The molecule has 0 unspecified atom stereocenters. The van der Waals surface area contributed by atoms with Crippen LogP contribution in [-0.4, -0.2) is 46.1 Å². The summed E-state index contributed by atoms with van der Waals surface area (Å²) in [5.74, 6) is -0.0990. The number of halogens is 1. The van der Waals surface area contributed by atoms with Gasteiger partial charge in [-0.3, -0.25) is 4.79 Å². The fourth-order valence-electron chi connectivity index (χ4n) is 2.12. The first-order valence-electron chi connectivity index (χ1n) is 5.96. The third kappa shape index (κ3) is 3.57. The molecule has 6 nitrogen and oxygen atoms in total. The van der Waals surface area contributed by atoms with Crippen LogP contribution in [0.4, 0.5) is 4.79 Å². The van der Waals surface area contributed by atoms with Crippen LogP contribution in [0.5, 0.6) is 0 Å². The third-order valence-electron chi connectivity index (χ3n) is 3.08. The van der Waals surface area contributed by atoms with Crippen LogP contribution in [0.25, 0.3) is 0 Å². The molecule has 1 aliphatic heterocycles. The van der Waals surface area contributed by atoms with E-state index in [-0.39, 0.29) is 17.1 Å². The highest BCUT2D eigenvalue weighted by Crippen LogP contribution is 2.15. The zero-order valence-electron chi connectivity index (χ0n) is 10.2. The molecule has 1 saturated heterocycles. The van der Waals surface area contributed by atoms with Crippen molar-refractivity contribution < 1.29 is 14.7 Å². The molecular weight excluding hydrogens is 270 g/mol. The van der Waals surface area contributed by atoms with E-state index >= 15 is 0 Å². The number of carboxylic acid groups (broad SMARTS) is 1. The lowest BCUT2D eigenvalue weighted by atomic mass is 10.0. The lowest BCUT2D eigenvalue weighted by Gasteiger charge is -2.31. The number of piperidine rings is 1. The van der Waals surface area contributed by atoms with Crippen molar-refractivity contribution in [1.29, 1.82) is 0 Å². The summed E-state index contributed by atoms with van der Waals surface area (Å²) in [7, 11) is 0. The maximum Gasteiger partial charge on any atom is 0.404 e. The smallest absolute Gasteiger partial charge is 0.404 e. The van der Waals surface area contributed by atoms with Crippen LogP contribution in [-0.2, 0) is 0 Å². The molecule has 0 bridgehead atoms. The zero-order valence-corrected chi connectivity index (χ0v) is 10.9. The zero-order chi connectivity index (χ0) is 13.8. The molecular formula is C12H14ClN3O3. The number of rotatable bonds is 2. The predicted molar refractivity (Wildman–Crippen MR) is 69.3 cm³/mol. The average Bonchev–Trinajstić information content (AvgIpc) is 2.38. The number of carbonyl (C=O) groups is 2. The second kappa shape index (κ2) is 5.88. The Hall–Kier alpha value is -1.82. The summed E-state index contributed by atoms with van der Waals surface area (Å²) < 4.78 is 0. The molecule has 1 fully saturated rings. The van der Waals surface area contributed by atoms with Crippen molar-refractivity contribution in [2.45, 2.75) is 18.9 Å². The van der Waals surface area contributed by atoms with Gasteiger partial charge in [-0.05, 0) is 25.0 Å². The van der Waals surface area contributed by atoms with Crippen molar-refractivity contribution in [2.24, 2.45) is 0 Å². The molecule has 0 spiro atoms. The van der Waals surface area contributed by atoms with Crippen molar-refractivity contribution in [3.8, 4) is 0 Å². The highest BCUT2D eigenvalue weighted by atomic mass is 35.5. The molecule has 1 aromatic rings. The molecule has 1 aliphatic rings. The number of hydrogen-bond acceptors (Lipinski definition) is 3. The number of hydrogen-bond donors (Lipinski definition) is 2. The largest absolute Gasteiger partial charge is 0.465 e. The maximum atomic E-state index is 12.2. The van der Waals surface area contributed by atoms with Crippen molar-refractivity contribution in [3.63, 3.8) is 0 Å². The quantitative estimate of drug-likeness (QED) is 0.808. The van der Waals surface area contributed by atoms with Gasteiger partial charge in [0.25, 0.3) is 5.91 Å². The Morgan fingerprint density at radius 2 is 2.11 bits per heavy atom. The molecule has 0 atom stereocenters. The molecule has 0 aliphatic carbocycles. The molecule has 1 aromatic heterocycles. The van der Waals surface area contributed by atoms with Gasteiger partial charge in [-0.25, -0.2) is 9.78 Å². The number of likely N-dealkylation sites (tertiary alicyclic amines) is 1. The highest BCUT2D eigenvalue weighted by molar-refractivity contribution is 6.29. The Bertz CT molecular complexity index is 487. The van der Waals surface area contributed by atoms with E-state index in [1.54, 1.807) is 11.0 Å².